The average molecular weight is 398 g/mol. The molecule has 0 aliphatic carbocycles. The first-order valence-corrected chi connectivity index (χ1v) is 10.0. The Morgan fingerprint density at radius 2 is 1.79 bits per heavy atom. The SMILES string of the molecule is CCC(=O)N1[C@H](CN(CC)C(=O)c2cccc(F)c2)[C@@H](c2ccccc2)[C@@H]1CO. The summed E-state index contributed by atoms with van der Waals surface area (Å²) in [6.45, 7) is 4.28. The molecule has 3 rings (SSSR count). The van der Waals surface area contributed by atoms with Crippen molar-refractivity contribution in [2.45, 2.75) is 38.3 Å². The van der Waals surface area contributed by atoms with Gasteiger partial charge in [-0.05, 0) is 30.7 Å². The Kier molecular flexibility index (Phi) is 6.64. The highest BCUT2D eigenvalue weighted by Gasteiger charge is 2.51. The Balaban J connectivity index is 1.88. The van der Waals surface area contributed by atoms with Crippen molar-refractivity contribution in [2.24, 2.45) is 0 Å². The van der Waals surface area contributed by atoms with Crippen LogP contribution in [0.5, 0.6) is 0 Å². The van der Waals surface area contributed by atoms with E-state index < -0.39 is 5.82 Å². The molecule has 154 valence electrons. The molecule has 2 amide bonds. The molecular weight excluding hydrogens is 371 g/mol. The summed E-state index contributed by atoms with van der Waals surface area (Å²) in [4.78, 5) is 28.9. The second kappa shape index (κ2) is 9.18. The predicted molar refractivity (Wildman–Crippen MR) is 109 cm³/mol. The zero-order valence-corrected chi connectivity index (χ0v) is 16.8. The van der Waals surface area contributed by atoms with Crippen LogP contribution >= 0.6 is 0 Å². The number of likely N-dealkylation sites (N-methyl/N-ethyl adjacent to an activating group) is 1. The highest BCUT2D eigenvalue weighted by atomic mass is 19.1. The van der Waals surface area contributed by atoms with E-state index in [0.29, 0.717) is 19.5 Å². The summed E-state index contributed by atoms with van der Waals surface area (Å²) in [5, 5.41) is 9.94. The fourth-order valence-electron chi connectivity index (χ4n) is 4.21. The third-order valence-electron chi connectivity index (χ3n) is 5.65. The van der Waals surface area contributed by atoms with Crippen molar-refractivity contribution in [3.8, 4) is 0 Å². The topological polar surface area (TPSA) is 60.9 Å². The van der Waals surface area contributed by atoms with Gasteiger partial charge in [0.15, 0.2) is 0 Å². The Labute approximate surface area is 170 Å². The number of amides is 2. The Morgan fingerprint density at radius 3 is 2.38 bits per heavy atom. The number of benzene rings is 2. The van der Waals surface area contributed by atoms with Gasteiger partial charge in [-0.25, -0.2) is 4.39 Å². The second-order valence-electron chi connectivity index (χ2n) is 7.26. The van der Waals surface area contributed by atoms with Gasteiger partial charge in [-0.15, -0.1) is 0 Å². The van der Waals surface area contributed by atoms with E-state index in [1.807, 2.05) is 37.3 Å². The van der Waals surface area contributed by atoms with E-state index in [-0.39, 0.29) is 42.0 Å². The van der Waals surface area contributed by atoms with Gasteiger partial charge < -0.3 is 14.9 Å². The quantitative estimate of drug-likeness (QED) is 0.780. The number of likely N-dealkylation sites (tertiary alicyclic amines) is 1. The molecule has 6 heteroatoms. The lowest BCUT2D eigenvalue weighted by Crippen LogP contribution is -2.68. The van der Waals surface area contributed by atoms with E-state index >= 15 is 0 Å². The third-order valence-corrected chi connectivity index (χ3v) is 5.65. The molecule has 3 atom stereocenters. The molecule has 1 saturated heterocycles. The van der Waals surface area contributed by atoms with Crippen molar-refractivity contribution in [3.05, 3.63) is 71.5 Å². The van der Waals surface area contributed by atoms with Gasteiger partial charge in [0.05, 0.1) is 18.7 Å². The van der Waals surface area contributed by atoms with E-state index in [4.69, 9.17) is 0 Å². The van der Waals surface area contributed by atoms with Crippen molar-refractivity contribution in [1.29, 1.82) is 0 Å². The van der Waals surface area contributed by atoms with Gasteiger partial charge in [-0.1, -0.05) is 43.3 Å². The highest BCUT2D eigenvalue weighted by molar-refractivity contribution is 5.94. The number of rotatable bonds is 7. The molecule has 0 spiro atoms. The smallest absolute Gasteiger partial charge is 0.254 e. The highest BCUT2D eigenvalue weighted by Crippen LogP contribution is 2.41. The summed E-state index contributed by atoms with van der Waals surface area (Å²) in [5.41, 5.74) is 1.32. The van der Waals surface area contributed by atoms with Gasteiger partial charge in [-0.3, -0.25) is 9.59 Å². The van der Waals surface area contributed by atoms with Gasteiger partial charge >= 0.3 is 0 Å². The second-order valence-corrected chi connectivity index (χ2v) is 7.26. The lowest BCUT2D eigenvalue weighted by molar-refractivity contribution is -0.151. The van der Waals surface area contributed by atoms with E-state index in [1.54, 1.807) is 22.8 Å². The molecule has 2 aromatic rings. The molecule has 1 aliphatic heterocycles. The number of hydrogen-bond acceptors (Lipinski definition) is 3. The van der Waals surface area contributed by atoms with E-state index in [1.165, 1.54) is 18.2 Å². The maximum Gasteiger partial charge on any atom is 0.254 e. The largest absolute Gasteiger partial charge is 0.394 e. The van der Waals surface area contributed by atoms with Crippen LogP contribution in [0.15, 0.2) is 54.6 Å². The molecule has 0 radical (unpaired) electrons. The van der Waals surface area contributed by atoms with Crippen LogP contribution in [0.4, 0.5) is 4.39 Å². The van der Waals surface area contributed by atoms with E-state index in [0.717, 1.165) is 5.56 Å². The maximum atomic E-state index is 13.6. The summed E-state index contributed by atoms with van der Waals surface area (Å²) in [5.74, 6) is -0.836. The third kappa shape index (κ3) is 4.17. The molecule has 0 unspecified atom stereocenters. The summed E-state index contributed by atoms with van der Waals surface area (Å²) in [7, 11) is 0. The van der Waals surface area contributed by atoms with Crippen LogP contribution in [0.2, 0.25) is 0 Å². The minimum atomic E-state index is -0.458. The number of aliphatic hydroxyl groups excluding tert-OH is 1. The first kappa shape index (κ1) is 21.0. The normalized spacial score (nSPS) is 20.8. The van der Waals surface area contributed by atoms with Crippen molar-refractivity contribution < 1.29 is 19.1 Å². The van der Waals surface area contributed by atoms with Crippen LogP contribution in [-0.4, -0.2) is 58.5 Å². The van der Waals surface area contributed by atoms with Crippen molar-refractivity contribution in [2.75, 3.05) is 19.7 Å². The lowest BCUT2D eigenvalue weighted by Gasteiger charge is -2.56. The van der Waals surface area contributed by atoms with E-state index in [9.17, 15) is 19.1 Å². The fourth-order valence-corrected chi connectivity index (χ4v) is 4.21. The molecule has 1 fully saturated rings. The van der Waals surface area contributed by atoms with Crippen molar-refractivity contribution >= 4 is 11.8 Å². The number of nitrogens with zero attached hydrogens (tertiary/aromatic N) is 2. The van der Waals surface area contributed by atoms with Gasteiger partial charge in [-0.2, -0.15) is 0 Å². The minimum absolute atomic E-state index is 0.0458. The van der Waals surface area contributed by atoms with Crippen LogP contribution in [0.25, 0.3) is 0 Å². The zero-order valence-electron chi connectivity index (χ0n) is 16.8. The van der Waals surface area contributed by atoms with Crippen LogP contribution in [0, 0.1) is 5.82 Å². The average Bonchev–Trinajstić information content (AvgIpc) is 2.73. The molecule has 0 saturated carbocycles. The minimum Gasteiger partial charge on any atom is -0.394 e. The maximum absolute atomic E-state index is 13.6. The molecule has 1 heterocycles. The number of hydrogen-bond donors (Lipinski definition) is 1. The molecule has 1 N–H and O–H groups in total. The molecule has 5 nitrogen and oxygen atoms in total. The Morgan fingerprint density at radius 1 is 1.07 bits per heavy atom. The zero-order chi connectivity index (χ0) is 21.0. The molecule has 1 aliphatic rings. The first-order valence-electron chi connectivity index (χ1n) is 10.0. The fraction of sp³-hybridized carbons (Fsp3) is 0.391. The monoisotopic (exact) mass is 398 g/mol. The Bertz CT molecular complexity index is 858. The van der Waals surface area contributed by atoms with Crippen LogP contribution in [0.3, 0.4) is 0 Å². The van der Waals surface area contributed by atoms with Crippen LogP contribution in [0.1, 0.15) is 42.1 Å². The summed E-state index contributed by atoms with van der Waals surface area (Å²) >= 11 is 0. The van der Waals surface area contributed by atoms with Gasteiger partial charge in [0.1, 0.15) is 5.82 Å². The van der Waals surface area contributed by atoms with Crippen LogP contribution < -0.4 is 0 Å². The van der Waals surface area contributed by atoms with Gasteiger partial charge in [0, 0.05) is 31.0 Å². The number of carbonyl (C=O) groups is 2. The van der Waals surface area contributed by atoms with E-state index in [2.05, 4.69) is 0 Å². The molecule has 2 aromatic carbocycles. The number of aliphatic hydroxyl groups is 1. The first-order chi connectivity index (χ1) is 14.0. The van der Waals surface area contributed by atoms with Crippen molar-refractivity contribution in [3.63, 3.8) is 0 Å². The molecular formula is C23H27FN2O3. The van der Waals surface area contributed by atoms with Gasteiger partial charge in [0.2, 0.25) is 5.91 Å². The molecule has 29 heavy (non-hydrogen) atoms. The standard InChI is InChI=1S/C23H27FN2O3/c1-3-21(28)26-19(22(20(26)15-27)16-9-6-5-7-10-16)14-25(4-2)23(29)17-11-8-12-18(24)13-17/h5-13,19-20,22,27H,3-4,14-15H2,1-2H3/t19-,20+,22-/m1/s1. The summed E-state index contributed by atoms with van der Waals surface area (Å²) in [6, 6.07) is 14.8. The van der Waals surface area contributed by atoms with Crippen molar-refractivity contribution in [1.82, 2.24) is 9.80 Å². The van der Waals surface area contributed by atoms with Crippen LogP contribution in [-0.2, 0) is 4.79 Å². The Hall–Kier alpha value is -2.73. The predicted octanol–water partition coefficient (Wildman–Crippen LogP) is 3.05. The molecule has 0 aromatic heterocycles. The summed E-state index contributed by atoms with van der Waals surface area (Å²) < 4.78 is 13.6. The number of carbonyl (C=O) groups excluding carboxylic acids is 2. The lowest BCUT2D eigenvalue weighted by atomic mass is 9.74. The summed E-state index contributed by atoms with van der Waals surface area (Å²) in [6.07, 6.45) is 0.332. The number of halogens is 1. The van der Waals surface area contributed by atoms with Gasteiger partial charge in [0.25, 0.3) is 5.91 Å². The molecule has 0 bridgehead atoms.